The maximum Gasteiger partial charge on any atom is 0.264 e. The molecule has 0 bridgehead atoms. The molecule has 2 fully saturated rings. The molecule has 31 heavy (non-hydrogen) atoms. The maximum atomic E-state index is 13.6. The van der Waals surface area contributed by atoms with Crippen molar-refractivity contribution in [1.82, 2.24) is 14.7 Å². The first-order chi connectivity index (χ1) is 15.0. The minimum atomic E-state index is 0.157. The van der Waals surface area contributed by atoms with Gasteiger partial charge in [0.2, 0.25) is 5.91 Å². The Balaban J connectivity index is 1.63. The van der Waals surface area contributed by atoms with Gasteiger partial charge in [0.25, 0.3) is 5.91 Å². The molecule has 0 aliphatic carbocycles. The van der Waals surface area contributed by atoms with E-state index in [1.807, 2.05) is 11.0 Å². The van der Waals surface area contributed by atoms with E-state index in [-0.39, 0.29) is 17.9 Å². The number of piperazine rings is 1. The van der Waals surface area contributed by atoms with Crippen molar-refractivity contribution in [3.8, 4) is 0 Å². The van der Waals surface area contributed by atoms with Crippen molar-refractivity contribution in [2.24, 2.45) is 0 Å². The number of nitrogens with zero attached hydrogens (tertiary/aromatic N) is 3. The highest BCUT2D eigenvalue weighted by atomic mass is 32.1. The van der Waals surface area contributed by atoms with Crippen molar-refractivity contribution in [3.05, 3.63) is 34.7 Å². The fourth-order valence-corrected chi connectivity index (χ4v) is 6.30. The van der Waals surface area contributed by atoms with Gasteiger partial charge in [0.1, 0.15) is 0 Å². The van der Waals surface area contributed by atoms with Crippen LogP contribution in [0.2, 0.25) is 0 Å². The molecule has 2 aliphatic rings. The van der Waals surface area contributed by atoms with Crippen LogP contribution in [0.15, 0.2) is 24.3 Å². The third-order valence-electron chi connectivity index (χ3n) is 6.95. The zero-order valence-electron chi connectivity index (χ0n) is 19.1. The van der Waals surface area contributed by atoms with Crippen molar-refractivity contribution in [3.63, 3.8) is 0 Å². The average molecular weight is 442 g/mol. The van der Waals surface area contributed by atoms with E-state index in [1.54, 1.807) is 18.3 Å². The van der Waals surface area contributed by atoms with Crippen LogP contribution in [0.25, 0.3) is 10.1 Å². The highest BCUT2D eigenvalue weighted by molar-refractivity contribution is 7.21. The van der Waals surface area contributed by atoms with Crippen molar-refractivity contribution >= 4 is 33.2 Å². The summed E-state index contributed by atoms with van der Waals surface area (Å²) in [6.45, 7) is 10.4. The Hall–Kier alpha value is -1.92. The monoisotopic (exact) mass is 441 g/mol. The summed E-state index contributed by atoms with van der Waals surface area (Å²) >= 11 is 1.63. The van der Waals surface area contributed by atoms with Crippen LogP contribution in [-0.2, 0) is 11.2 Å². The Bertz CT molecular complexity index is 930. The van der Waals surface area contributed by atoms with Crippen LogP contribution in [0.3, 0.4) is 0 Å². The molecule has 0 unspecified atom stereocenters. The number of fused-ring (bicyclic) bond motifs is 1. The van der Waals surface area contributed by atoms with Gasteiger partial charge in [0.05, 0.1) is 4.88 Å². The Morgan fingerprint density at radius 3 is 2.48 bits per heavy atom. The molecule has 0 spiro atoms. The lowest BCUT2D eigenvalue weighted by Gasteiger charge is -2.37. The third kappa shape index (κ3) is 4.80. The number of thiophene rings is 1. The summed E-state index contributed by atoms with van der Waals surface area (Å²) in [5, 5.41) is 1.18. The third-order valence-corrected chi connectivity index (χ3v) is 8.15. The maximum absolute atomic E-state index is 13.6. The van der Waals surface area contributed by atoms with Crippen LogP contribution in [0.4, 0.5) is 0 Å². The van der Waals surface area contributed by atoms with Crippen molar-refractivity contribution in [2.75, 3.05) is 32.7 Å². The van der Waals surface area contributed by atoms with Crippen LogP contribution in [0.1, 0.15) is 61.7 Å². The Morgan fingerprint density at radius 1 is 1.03 bits per heavy atom. The fraction of sp³-hybridized carbons (Fsp3) is 0.600. The summed E-state index contributed by atoms with van der Waals surface area (Å²) in [4.78, 5) is 33.4. The van der Waals surface area contributed by atoms with Gasteiger partial charge >= 0.3 is 0 Å². The molecule has 1 atom stereocenters. The molecule has 0 N–H and O–H groups in total. The molecule has 1 aromatic carbocycles. The highest BCUT2D eigenvalue weighted by Gasteiger charge is 2.30. The average Bonchev–Trinajstić information content (AvgIpc) is 2.95. The van der Waals surface area contributed by atoms with E-state index < -0.39 is 0 Å². The van der Waals surface area contributed by atoms with E-state index in [1.165, 1.54) is 16.5 Å². The molecular weight excluding hydrogens is 406 g/mol. The summed E-state index contributed by atoms with van der Waals surface area (Å²) < 4.78 is 1.17. The molecule has 168 valence electrons. The Kier molecular flexibility index (Phi) is 6.97. The van der Waals surface area contributed by atoms with Gasteiger partial charge in [-0.25, -0.2) is 0 Å². The summed E-state index contributed by atoms with van der Waals surface area (Å²) in [5.74, 6) is 0.326. The van der Waals surface area contributed by atoms with E-state index in [4.69, 9.17) is 0 Å². The van der Waals surface area contributed by atoms with Gasteiger partial charge in [-0.2, -0.15) is 0 Å². The van der Waals surface area contributed by atoms with Gasteiger partial charge < -0.3 is 9.80 Å². The van der Waals surface area contributed by atoms with Gasteiger partial charge in [0.15, 0.2) is 0 Å². The number of rotatable bonds is 4. The Morgan fingerprint density at radius 2 is 1.77 bits per heavy atom. The molecule has 5 nitrogen and oxygen atoms in total. The molecule has 6 heteroatoms. The fourth-order valence-electron chi connectivity index (χ4n) is 5.10. The predicted octanol–water partition coefficient (Wildman–Crippen LogP) is 4.40. The van der Waals surface area contributed by atoms with E-state index >= 15 is 0 Å². The lowest BCUT2D eigenvalue weighted by molar-refractivity contribution is -0.131. The van der Waals surface area contributed by atoms with Gasteiger partial charge in [-0.1, -0.05) is 31.0 Å². The normalized spacial score (nSPS) is 21.0. The lowest BCUT2D eigenvalue weighted by atomic mass is 9.97. The van der Waals surface area contributed by atoms with E-state index in [9.17, 15) is 9.59 Å². The van der Waals surface area contributed by atoms with Crippen molar-refractivity contribution < 1.29 is 9.59 Å². The highest BCUT2D eigenvalue weighted by Crippen LogP contribution is 2.35. The SMILES string of the molecule is CC(=O)N1CCCCC[C@H]1Cc1c(C(=O)N2CCN(C(C)C)CC2)sc2ccccc12. The van der Waals surface area contributed by atoms with Crippen LogP contribution in [0.5, 0.6) is 0 Å². The molecule has 0 radical (unpaired) electrons. The van der Waals surface area contributed by atoms with Crippen LogP contribution >= 0.6 is 11.3 Å². The number of carbonyl (C=O) groups is 2. The first-order valence-corrected chi connectivity index (χ1v) is 12.6. The molecular formula is C25H35N3O2S. The molecule has 2 aromatic rings. The first kappa shape index (κ1) is 22.3. The quantitative estimate of drug-likeness (QED) is 0.706. The number of likely N-dealkylation sites (tertiary alicyclic amines) is 1. The van der Waals surface area contributed by atoms with Gasteiger partial charge in [0, 0.05) is 56.4 Å². The molecule has 0 saturated carbocycles. The second-order valence-electron chi connectivity index (χ2n) is 9.25. The van der Waals surface area contributed by atoms with Crippen LogP contribution in [0, 0.1) is 0 Å². The second kappa shape index (κ2) is 9.70. The van der Waals surface area contributed by atoms with Crippen LogP contribution in [-0.4, -0.2) is 71.3 Å². The topological polar surface area (TPSA) is 43.9 Å². The van der Waals surface area contributed by atoms with Gasteiger partial charge in [-0.15, -0.1) is 11.3 Å². The number of hydrogen-bond acceptors (Lipinski definition) is 4. The van der Waals surface area contributed by atoms with Crippen molar-refractivity contribution in [2.45, 2.75) is 65.0 Å². The summed E-state index contributed by atoms with van der Waals surface area (Å²) in [7, 11) is 0. The van der Waals surface area contributed by atoms with E-state index in [2.05, 4.69) is 41.8 Å². The molecule has 3 heterocycles. The molecule has 2 amide bonds. The van der Waals surface area contributed by atoms with Gasteiger partial charge in [-0.3, -0.25) is 14.5 Å². The zero-order chi connectivity index (χ0) is 22.0. The lowest BCUT2D eigenvalue weighted by Crippen LogP contribution is -2.50. The minimum Gasteiger partial charge on any atom is -0.340 e. The zero-order valence-corrected chi connectivity index (χ0v) is 19.9. The van der Waals surface area contributed by atoms with E-state index in [0.29, 0.717) is 6.04 Å². The summed E-state index contributed by atoms with van der Waals surface area (Å²) in [6.07, 6.45) is 5.20. The van der Waals surface area contributed by atoms with Crippen LogP contribution < -0.4 is 0 Å². The number of carbonyl (C=O) groups excluding carboxylic acids is 2. The Labute approximate surface area is 190 Å². The summed E-state index contributed by atoms with van der Waals surface area (Å²) in [5.41, 5.74) is 1.15. The number of hydrogen-bond donors (Lipinski definition) is 0. The van der Waals surface area contributed by atoms with E-state index in [0.717, 1.165) is 68.8 Å². The first-order valence-electron chi connectivity index (χ1n) is 11.8. The summed E-state index contributed by atoms with van der Waals surface area (Å²) in [6, 6.07) is 9.07. The van der Waals surface area contributed by atoms with Crippen molar-refractivity contribution in [1.29, 1.82) is 0 Å². The largest absolute Gasteiger partial charge is 0.340 e. The van der Waals surface area contributed by atoms with Gasteiger partial charge in [-0.05, 0) is 50.1 Å². The second-order valence-corrected chi connectivity index (χ2v) is 10.3. The standard InChI is InChI=1S/C25H35N3O2S/c1-18(2)26-13-15-27(16-14-26)25(30)24-22(21-10-6-7-11-23(21)31-24)17-20-9-5-4-8-12-28(20)19(3)29/h6-7,10-11,18,20H,4-5,8-9,12-17H2,1-3H3/t20-/m0/s1. The minimum absolute atomic E-state index is 0.157. The number of amides is 2. The molecule has 4 rings (SSSR count). The molecule has 1 aromatic heterocycles. The predicted molar refractivity (Wildman–Crippen MR) is 128 cm³/mol. The molecule has 2 saturated heterocycles. The molecule has 2 aliphatic heterocycles. The smallest absolute Gasteiger partial charge is 0.264 e. The number of benzene rings is 1.